The lowest BCUT2D eigenvalue weighted by Crippen LogP contribution is -2.25. The van der Waals surface area contributed by atoms with Crippen molar-refractivity contribution < 1.29 is 28.8 Å². The zero-order chi connectivity index (χ0) is 32.8. The number of aryl methyl sites for hydroxylation is 1. The van der Waals surface area contributed by atoms with Crippen LogP contribution in [-0.2, 0) is 28.9 Å². The third-order valence-corrected chi connectivity index (χ3v) is 9.56. The van der Waals surface area contributed by atoms with Crippen molar-refractivity contribution in [1.29, 1.82) is 0 Å². The summed E-state index contributed by atoms with van der Waals surface area (Å²) in [5, 5.41) is 25.6. The Bertz CT molecular complexity index is 1770. The van der Waals surface area contributed by atoms with Crippen molar-refractivity contribution in [2.24, 2.45) is 0 Å². The number of non-ortho nitro benzene ring substituents is 1. The van der Waals surface area contributed by atoms with Gasteiger partial charge in [-0.05, 0) is 69.4 Å². The molecular formula is C31H32N6O7S2. The molecular weight excluding hydrogens is 633 g/mol. The van der Waals surface area contributed by atoms with Crippen LogP contribution < -0.4 is 15.4 Å². The number of ether oxygens (including phenoxy) is 2. The van der Waals surface area contributed by atoms with Crippen molar-refractivity contribution in [3.05, 3.63) is 86.0 Å². The third kappa shape index (κ3) is 7.05. The average molecular weight is 665 g/mol. The molecule has 46 heavy (non-hydrogen) atoms. The number of aromatic nitrogens is 3. The Labute approximate surface area is 272 Å². The van der Waals surface area contributed by atoms with Gasteiger partial charge in [0.1, 0.15) is 10.8 Å². The number of nitro benzene ring substituents is 1. The van der Waals surface area contributed by atoms with E-state index in [0.717, 1.165) is 47.9 Å². The van der Waals surface area contributed by atoms with Gasteiger partial charge in [-0.2, -0.15) is 0 Å². The predicted octanol–water partition coefficient (Wildman–Crippen LogP) is 5.35. The minimum atomic E-state index is -0.658. The summed E-state index contributed by atoms with van der Waals surface area (Å²) in [6, 6.07) is 12.5. The van der Waals surface area contributed by atoms with Crippen LogP contribution in [0.3, 0.4) is 0 Å². The van der Waals surface area contributed by atoms with Crippen LogP contribution in [0.5, 0.6) is 5.75 Å². The molecule has 2 amide bonds. The summed E-state index contributed by atoms with van der Waals surface area (Å²) in [4.78, 5) is 50.8. The second kappa shape index (κ2) is 14.6. The largest absolute Gasteiger partial charge is 0.495 e. The zero-order valence-electron chi connectivity index (χ0n) is 25.4. The van der Waals surface area contributed by atoms with Crippen molar-refractivity contribution in [2.45, 2.75) is 56.5 Å². The fraction of sp³-hybridized carbons (Fsp3) is 0.323. The summed E-state index contributed by atoms with van der Waals surface area (Å²) in [6.45, 7) is 3.68. The van der Waals surface area contributed by atoms with Crippen molar-refractivity contribution in [3.8, 4) is 11.4 Å². The average Bonchev–Trinajstić information content (AvgIpc) is 3.63. The highest BCUT2D eigenvalue weighted by molar-refractivity contribution is 8.00. The normalized spacial score (nSPS) is 12.9. The lowest BCUT2D eigenvalue weighted by atomic mass is 9.95. The molecule has 15 heteroatoms. The molecule has 1 atom stereocenters. The first-order chi connectivity index (χ1) is 22.2. The Morgan fingerprint density at radius 3 is 2.57 bits per heavy atom. The molecule has 0 radical (unpaired) electrons. The molecule has 0 spiro atoms. The molecule has 2 aromatic heterocycles. The number of fused-ring (bicyclic) bond motifs is 1. The van der Waals surface area contributed by atoms with Gasteiger partial charge >= 0.3 is 5.97 Å². The Morgan fingerprint density at radius 1 is 1.11 bits per heavy atom. The van der Waals surface area contributed by atoms with Gasteiger partial charge in [0.25, 0.3) is 11.6 Å². The molecule has 2 aromatic carbocycles. The van der Waals surface area contributed by atoms with Crippen LogP contribution >= 0.6 is 23.1 Å². The number of nitrogens with one attached hydrogen (secondary N) is 2. The van der Waals surface area contributed by atoms with Crippen LogP contribution in [0.4, 0.5) is 10.7 Å². The molecule has 1 aliphatic rings. The summed E-state index contributed by atoms with van der Waals surface area (Å²) in [6.07, 6.45) is 3.64. The number of carbonyl (C=O) groups is 3. The van der Waals surface area contributed by atoms with Crippen LogP contribution in [0.25, 0.3) is 5.69 Å². The van der Waals surface area contributed by atoms with Gasteiger partial charge < -0.3 is 20.1 Å². The highest BCUT2D eigenvalue weighted by atomic mass is 32.2. The van der Waals surface area contributed by atoms with E-state index < -0.39 is 22.0 Å². The molecule has 1 aliphatic carbocycles. The minimum Gasteiger partial charge on any atom is -0.495 e. The topological polar surface area (TPSA) is 168 Å². The van der Waals surface area contributed by atoms with E-state index in [1.807, 2.05) is 12.1 Å². The molecule has 4 aromatic rings. The van der Waals surface area contributed by atoms with E-state index >= 15 is 0 Å². The first-order valence-electron chi connectivity index (χ1n) is 14.6. The Balaban J connectivity index is 1.38. The number of hydrogen-bond acceptors (Lipinski definition) is 11. The number of carbonyl (C=O) groups excluding carboxylic acids is 3. The number of nitro groups is 1. The monoisotopic (exact) mass is 664 g/mol. The van der Waals surface area contributed by atoms with Gasteiger partial charge in [-0.15, -0.1) is 21.5 Å². The third-order valence-electron chi connectivity index (χ3n) is 7.31. The van der Waals surface area contributed by atoms with Gasteiger partial charge in [0.15, 0.2) is 11.0 Å². The summed E-state index contributed by atoms with van der Waals surface area (Å²) < 4.78 is 12.6. The second-order valence-electron chi connectivity index (χ2n) is 10.3. The van der Waals surface area contributed by atoms with Crippen LogP contribution in [0, 0.1) is 10.1 Å². The predicted molar refractivity (Wildman–Crippen MR) is 173 cm³/mol. The molecule has 0 fully saturated rings. The smallest absolute Gasteiger partial charge is 0.341 e. The molecule has 240 valence electrons. The maximum Gasteiger partial charge on any atom is 0.341 e. The Hall–Kier alpha value is -4.76. The fourth-order valence-electron chi connectivity index (χ4n) is 5.04. The second-order valence-corrected chi connectivity index (χ2v) is 12.7. The van der Waals surface area contributed by atoms with Crippen molar-refractivity contribution in [2.75, 3.05) is 19.0 Å². The van der Waals surface area contributed by atoms with Gasteiger partial charge in [0, 0.05) is 22.6 Å². The van der Waals surface area contributed by atoms with E-state index in [0.29, 0.717) is 33.0 Å². The molecule has 2 heterocycles. The minimum absolute atomic E-state index is 0.0361. The summed E-state index contributed by atoms with van der Waals surface area (Å²) >= 11 is 2.58. The van der Waals surface area contributed by atoms with Crippen molar-refractivity contribution >= 4 is 51.6 Å². The summed E-state index contributed by atoms with van der Waals surface area (Å²) in [7, 11) is 1.53. The molecule has 0 saturated carbocycles. The molecule has 2 N–H and O–H groups in total. The van der Waals surface area contributed by atoms with Gasteiger partial charge in [-0.1, -0.05) is 23.9 Å². The SMILES string of the molecule is CCOC(=O)c1c(NC(=O)[C@H](C)Sc2nnc(CNC(=O)c3ccc([N+](=O)[O-])cc3)n2-c2ccccc2OC)sc2c1CCCC2. The Kier molecular flexibility index (Phi) is 10.3. The number of benzene rings is 2. The van der Waals surface area contributed by atoms with E-state index in [4.69, 9.17) is 9.47 Å². The summed E-state index contributed by atoms with van der Waals surface area (Å²) in [5.74, 6) is -0.328. The number of anilines is 1. The van der Waals surface area contributed by atoms with Gasteiger partial charge in [0.05, 0.1) is 41.7 Å². The lowest BCUT2D eigenvalue weighted by molar-refractivity contribution is -0.384. The van der Waals surface area contributed by atoms with Gasteiger partial charge in [-0.25, -0.2) is 4.79 Å². The van der Waals surface area contributed by atoms with Gasteiger partial charge in [0.2, 0.25) is 5.91 Å². The summed E-state index contributed by atoms with van der Waals surface area (Å²) in [5.41, 5.74) is 2.12. The number of methoxy groups -OCH3 is 1. The number of para-hydroxylation sites is 2. The Morgan fingerprint density at radius 2 is 1.85 bits per heavy atom. The highest BCUT2D eigenvalue weighted by Gasteiger charge is 2.29. The van der Waals surface area contributed by atoms with Crippen LogP contribution in [0.15, 0.2) is 53.7 Å². The van der Waals surface area contributed by atoms with Crippen LogP contribution in [0.2, 0.25) is 0 Å². The number of amides is 2. The van der Waals surface area contributed by atoms with Crippen LogP contribution in [0.1, 0.15) is 63.7 Å². The maximum atomic E-state index is 13.5. The molecule has 5 rings (SSSR count). The lowest BCUT2D eigenvalue weighted by Gasteiger charge is -2.16. The van der Waals surface area contributed by atoms with Crippen molar-refractivity contribution in [3.63, 3.8) is 0 Å². The number of hydrogen-bond donors (Lipinski definition) is 2. The quantitative estimate of drug-likeness (QED) is 0.0872. The number of rotatable bonds is 12. The van der Waals surface area contributed by atoms with E-state index in [1.165, 1.54) is 42.7 Å². The van der Waals surface area contributed by atoms with E-state index in [9.17, 15) is 24.5 Å². The first-order valence-corrected chi connectivity index (χ1v) is 16.3. The fourth-order valence-corrected chi connectivity index (χ4v) is 7.20. The number of nitrogens with zero attached hydrogens (tertiary/aromatic N) is 4. The molecule has 13 nitrogen and oxygen atoms in total. The number of thiophene rings is 1. The number of esters is 1. The van der Waals surface area contributed by atoms with Crippen LogP contribution in [-0.4, -0.2) is 56.4 Å². The molecule has 0 unspecified atom stereocenters. The van der Waals surface area contributed by atoms with E-state index in [1.54, 1.807) is 30.5 Å². The highest BCUT2D eigenvalue weighted by Crippen LogP contribution is 2.39. The van der Waals surface area contributed by atoms with E-state index in [2.05, 4.69) is 20.8 Å². The molecule has 0 saturated heterocycles. The zero-order valence-corrected chi connectivity index (χ0v) is 27.0. The van der Waals surface area contributed by atoms with E-state index in [-0.39, 0.29) is 30.3 Å². The maximum absolute atomic E-state index is 13.5. The number of thioether (sulfide) groups is 1. The molecule has 0 bridgehead atoms. The first kappa shape index (κ1) is 32.6. The standard InChI is InChI=1S/C31H32N6O7S2/c1-4-44-30(40)26-21-9-5-8-12-24(21)46-29(26)33-27(38)18(2)45-31-35-34-25(36(31)22-10-6-7-11-23(22)43-3)17-32-28(39)19-13-15-20(16-14-19)37(41)42/h6-7,10-11,13-16,18H,4-5,8-9,12,17H2,1-3H3,(H,32,39)(H,33,38)/t18-/m0/s1. The van der Waals surface area contributed by atoms with Gasteiger partial charge in [-0.3, -0.25) is 24.3 Å². The molecule has 0 aliphatic heterocycles. The van der Waals surface area contributed by atoms with Crippen molar-refractivity contribution in [1.82, 2.24) is 20.1 Å².